The van der Waals surface area contributed by atoms with Crippen LogP contribution in [0.4, 0.5) is 5.69 Å². The lowest BCUT2D eigenvalue weighted by atomic mass is 10.1. The van der Waals surface area contributed by atoms with Crippen molar-refractivity contribution in [2.75, 3.05) is 5.73 Å². The van der Waals surface area contributed by atoms with Crippen molar-refractivity contribution in [3.8, 4) is 0 Å². The maximum Gasteiger partial charge on any atom is 0.251 e. The summed E-state index contributed by atoms with van der Waals surface area (Å²) in [5, 5.41) is 1.39. The number of fused-ring (bicyclic) bond motifs is 1. The molecular formula is C10H9ClN2O. The summed E-state index contributed by atoms with van der Waals surface area (Å²) in [6.45, 7) is 1.75. The maximum absolute atomic E-state index is 11.3. The number of aromatic nitrogens is 1. The Morgan fingerprint density at radius 3 is 2.79 bits per heavy atom. The molecule has 0 bridgehead atoms. The third kappa shape index (κ3) is 1.36. The van der Waals surface area contributed by atoms with Gasteiger partial charge in [0.1, 0.15) is 0 Å². The molecule has 1 aromatic heterocycles. The van der Waals surface area contributed by atoms with Crippen LogP contribution in [-0.4, -0.2) is 4.98 Å². The van der Waals surface area contributed by atoms with Gasteiger partial charge in [-0.15, -0.1) is 0 Å². The standard InChI is InChI=1S/C10H9ClN2O/c1-5-2-6-3-7(11)8(12)4-9(6)13-10(5)14/h2-4H,12H2,1H3,(H,13,14). The first-order valence-electron chi connectivity index (χ1n) is 4.16. The molecule has 1 heterocycles. The number of hydrogen-bond donors (Lipinski definition) is 2. The predicted molar refractivity (Wildman–Crippen MR) is 58.7 cm³/mol. The number of rotatable bonds is 0. The fourth-order valence-electron chi connectivity index (χ4n) is 1.35. The second kappa shape index (κ2) is 3.03. The zero-order valence-electron chi connectivity index (χ0n) is 7.60. The third-order valence-corrected chi connectivity index (χ3v) is 2.47. The number of nitrogen functional groups attached to an aromatic ring is 1. The van der Waals surface area contributed by atoms with E-state index in [9.17, 15) is 4.79 Å². The number of hydrogen-bond acceptors (Lipinski definition) is 2. The van der Waals surface area contributed by atoms with Crippen LogP contribution < -0.4 is 11.3 Å². The van der Waals surface area contributed by atoms with Gasteiger partial charge in [0.05, 0.1) is 16.2 Å². The van der Waals surface area contributed by atoms with E-state index in [0.717, 1.165) is 5.39 Å². The minimum atomic E-state index is -0.0979. The molecule has 0 aliphatic rings. The molecule has 0 spiro atoms. The molecule has 72 valence electrons. The number of nitrogens with one attached hydrogen (secondary N) is 1. The van der Waals surface area contributed by atoms with E-state index in [4.69, 9.17) is 17.3 Å². The van der Waals surface area contributed by atoms with Crippen LogP contribution in [0.1, 0.15) is 5.56 Å². The van der Waals surface area contributed by atoms with Gasteiger partial charge in [0.15, 0.2) is 0 Å². The molecular weight excluding hydrogens is 200 g/mol. The number of anilines is 1. The Morgan fingerprint density at radius 1 is 1.36 bits per heavy atom. The molecule has 3 nitrogen and oxygen atoms in total. The smallest absolute Gasteiger partial charge is 0.251 e. The van der Waals surface area contributed by atoms with Crippen LogP contribution in [0.15, 0.2) is 23.0 Å². The molecule has 0 saturated carbocycles. The SMILES string of the molecule is Cc1cc2cc(Cl)c(N)cc2[nH]c1=O. The molecule has 2 rings (SSSR count). The Hall–Kier alpha value is -1.48. The van der Waals surface area contributed by atoms with Crippen LogP contribution in [0, 0.1) is 6.92 Å². The Bertz CT molecular complexity index is 560. The summed E-state index contributed by atoms with van der Waals surface area (Å²) in [6, 6.07) is 5.20. The molecule has 0 aliphatic heterocycles. The number of aromatic amines is 1. The van der Waals surface area contributed by atoms with Gasteiger partial charge in [-0.3, -0.25) is 4.79 Å². The fourth-order valence-corrected chi connectivity index (χ4v) is 1.52. The van der Waals surface area contributed by atoms with Crippen molar-refractivity contribution in [3.05, 3.63) is 39.1 Å². The zero-order chi connectivity index (χ0) is 10.3. The molecule has 0 fully saturated rings. The van der Waals surface area contributed by atoms with Crippen LogP contribution in [0.3, 0.4) is 0 Å². The summed E-state index contributed by atoms with van der Waals surface area (Å²) in [5.41, 5.74) is 7.37. The minimum absolute atomic E-state index is 0.0979. The van der Waals surface area contributed by atoms with Crippen LogP contribution in [0.5, 0.6) is 0 Å². The molecule has 0 saturated heterocycles. The summed E-state index contributed by atoms with van der Waals surface area (Å²) >= 11 is 5.86. The van der Waals surface area contributed by atoms with E-state index in [-0.39, 0.29) is 5.56 Å². The van der Waals surface area contributed by atoms with Gasteiger partial charge < -0.3 is 10.7 Å². The molecule has 3 N–H and O–H groups in total. The molecule has 0 unspecified atom stereocenters. The largest absolute Gasteiger partial charge is 0.397 e. The molecule has 14 heavy (non-hydrogen) atoms. The first-order chi connectivity index (χ1) is 6.58. The molecule has 0 atom stereocenters. The van der Waals surface area contributed by atoms with Gasteiger partial charge >= 0.3 is 0 Å². The average Bonchev–Trinajstić information content (AvgIpc) is 2.11. The van der Waals surface area contributed by atoms with Crippen molar-refractivity contribution in [1.82, 2.24) is 4.98 Å². The quantitative estimate of drug-likeness (QED) is 0.652. The third-order valence-electron chi connectivity index (χ3n) is 2.15. The lowest BCUT2D eigenvalue weighted by Gasteiger charge is -2.02. The number of nitrogens with two attached hydrogens (primary N) is 1. The van der Waals surface area contributed by atoms with E-state index in [0.29, 0.717) is 21.8 Å². The summed E-state index contributed by atoms with van der Waals surface area (Å²) in [5.74, 6) is 0. The van der Waals surface area contributed by atoms with E-state index in [1.807, 2.05) is 0 Å². The Morgan fingerprint density at radius 2 is 2.07 bits per heavy atom. The van der Waals surface area contributed by atoms with Gasteiger partial charge in [0, 0.05) is 10.9 Å². The Balaban J connectivity index is 2.90. The van der Waals surface area contributed by atoms with E-state index < -0.39 is 0 Å². The number of aryl methyl sites for hydroxylation is 1. The Labute approximate surface area is 85.5 Å². The maximum atomic E-state index is 11.3. The second-order valence-electron chi connectivity index (χ2n) is 3.24. The Kier molecular flexibility index (Phi) is 1.97. The number of benzene rings is 1. The number of H-pyrrole nitrogens is 1. The summed E-state index contributed by atoms with van der Waals surface area (Å²) in [6.07, 6.45) is 0. The highest BCUT2D eigenvalue weighted by Crippen LogP contribution is 2.24. The van der Waals surface area contributed by atoms with Crippen LogP contribution in [0.25, 0.3) is 10.9 Å². The lowest BCUT2D eigenvalue weighted by Crippen LogP contribution is -2.08. The monoisotopic (exact) mass is 208 g/mol. The van der Waals surface area contributed by atoms with Crippen molar-refractivity contribution < 1.29 is 0 Å². The van der Waals surface area contributed by atoms with E-state index >= 15 is 0 Å². The van der Waals surface area contributed by atoms with Crippen molar-refractivity contribution in [1.29, 1.82) is 0 Å². The molecule has 1 aromatic carbocycles. The zero-order valence-corrected chi connectivity index (χ0v) is 8.35. The summed E-state index contributed by atoms with van der Waals surface area (Å²) < 4.78 is 0. The molecule has 0 amide bonds. The van der Waals surface area contributed by atoms with Gasteiger partial charge in [-0.05, 0) is 25.1 Å². The van der Waals surface area contributed by atoms with Crippen LogP contribution in [0.2, 0.25) is 5.02 Å². The van der Waals surface area contributed by atoms with E-state index in [1.54, 1.807) is 25.1 Å². The van der Waals surface area contributed by atoms with Crippen molar-refractivity contribution in [2.24, 2.45) is 0 Å². The number of halogens is 1. The second-order valence-corrected chi connectivity index (χ2v) is 3.65. The molecule has 0 radical (unpaired) electrons. The van der Waals surface area contributed by atoms with E-state index in [1.165, 1.54) is 0 Å². The fraction of sp³-hybridized carbons (Fsp3) is 0.100. The highest BCUT2D eigenvalue weighted by Gasteiger charge is 2.02. The van der Waals surface area contributed by atoms with Crippen molar-refractivity contribution in [3.63, 3.8) is 0 Å². The number of pyridine rings is 1. The van der Waals surface area contributed by atoms with Gasteiger partial charge in [0.2, 0.25) is 0 Å². The first kappa shape index (κ1) is 9.09. The molecule has 0 aliphatic carbocycles. The summed E-state index contributed by atoms with van der Waals surface area (Å²) in [7, 11) is 0. The van der Waals surface area contributed by atoms with Crippen molar-refractivity contribution in [2.45, 2.75) is 6.92 Å². The van der Waals surface area contributed by atoms with Crippen LogP contribution >= 0.6 is 11.6 Å². The van der Waals surface area contributed by atoms with Gasteiger partial charge in [-0.25, -0.2) is 0 Å². The first-order valence-corrected chi connectivity index (χ1v) is 4.54. The van der Waals surface area contributed by atoms with Crippen molar-refractivity contribution >= 4 is 28.2 Å². The molecule has 4 heteroatoms. The van der Waals surface area contributed by atoms with Gasteiger partial charge in [0.25, 0.3) is 5.56 Å². The summed E-state index contributed by atoms with van der Waals surface area (Å²) in [4.78, 5) is 14.0. The minimum Gasteiger partial charge on any atom is -0.397 e. The topological polar surface area (TPSA) is 58.9 Å². The average molecular weight is 209 g/mol. The predicted octanol–water partition coefficient (Wildman–Crippen LogP) is 2.07. The van der Waals surface area contributed by atoms with Crippen LogP contribution in [-0.2, 0) is 0 Å². The lowest BCUT2D eigenvalue weighted by molar-refractivity contribution is 1.24. The highest BCUT2D eigenvalue weighted by molar-refractivity contribution is 6.33. The highest BCUT2D eigenvalue weighted by atomic mass is 35.5. The normalized spacial score (nSPS) is 10.7. The van der Waals surface area contributed by atoms with Gasteiger partial charge in [-0.2, -0.15) is 0 Å². The molecule has 2 aromatic rings. The van der Waals surface area contributed by atoms with E-state index in [2.05, 4.69) is 4.98 Å². The van der Waals surface area contributed by atoms with Gasteiger partial charge in [-0.1, -0.05) is 11.6 Å².